The topological polar surface area (TPSA) is 58.4 Å². The summed E-state index contributed by atoms with van der Waals surface area (Å²) in [7, 11) is 0. The van der Waals surface area contributed by atoms with E-state index in [0.29, 0.717) is 46.5 Å². The van der Waals surface area contributed by atoms with Crippen LogP contribution in [0.15, 0.2) is 82.7 Å². The van der Waals surface area contributed by atoms with Gasteiger partial charge in [-0.25, -0.2) is 4.39 Å². The minimum absolute atomic E-state index is 0.00156. The van der Waals surface area contributed by atoms with Gasteiger partial charge < -0.3 is 14.4 Å². The van der Waals surface area contributed by atoms with E-state index in [-0.39, 0.29) is 18.8 Å². The Bertz CT molecular complexity index is 2080. The molecule has 1 aliphatic carbocycles. The van der Waals surface area contributed by atoms with Gasteiger partial charge in [-0.2, -0.15) is 18.2 Å². The highest BCUT2D eigenvalue weighted by molar-refractivity contribution is 7.98. The molecule has 1 unspecified atom stereocenters. The van der Waals surface area contributed by atoms with Crippen molar-refractivity contribution in [3.63, 3.8) is 0 Å². The van der Waals surface area contributed by atoms with Gasteiger partial charge in [0.1, 0.15) is 12.3 Å². The van der Waals surface area contributed by atoms with Gasteiger partial charge in [0.15, 0.2) is 5.16 Å². The van der Waals surface area contributed by atoms with Crippen molar-refractivity contribution in [2.45, 2.75) is 63.6 Å². The van der Waals surface area contributed by atoms with Crippen LogP contribution < -0.4 is 5.56 Å². The minimum atomic E-state index is -4.49. The second-order valence-corrected chi connectivity index (χ2v) is 12.1. The van der Waals surface area contributed by atoms with Crippen LogP contribution in [0, 0.1) is 11.7 Å². The number of benzene rings is 3. The van der Waals surface area contributed by atoms with Crippen molar-refractivity contribution in [2.75, 3.05) is 26.2 Å². The Morgan fingerprint density at radius 1 is 0.979 bits per heavy atom. The zero-order chi connectivity index (χ0) is 40.7. The van der Waals surface area contributed by atoms with Crippen molar-refractivity contribution in [3.05, 3.63) is 117 Å². The molecule has 1 heterocycles. The van der Waals surface area contributed by atoms with Crippen LogP contribution in [0.4, 0.5) is 17.6 Å². The lowest BCUT2D eigenvalue weighted by molar-refractivity contribution is -0.137. The standard InChI is InChI=1S/C37H40F4N4O2S/c1-4-43(5-2)18-19-44(22-26-6-10-28(11-7-26)29-12-14-30(15-13-29)37(39,40)41)34(46)23-45-33-21-25(3)20-32(33)35(47)42-36(45)48-24-27-8-16-31(38)17-9-27/h6-17,25H,4-5,18-24H2,1-3H3/i20D2,21D2,23D2,25D. The Morgan fingerprint density at radius 3 is 2.19 bits per heavy atom. The van der Waals surface area contributed by atoms with Crippen LogP contribution in [0.25, 0.3) is 11.1 Å². The molecule has 0 saturated heterocycles. The maximum atomic E-state index is 14.6. The van der Waals surface area contributed by atoms with Crippen LogP contribution >= 0.6 is 11.8 Å². The fourth-order valence-electron chi connectivity index (χ4n) is 5.15. The fourth-order valence-corrected chi connectivity index (χ4v) is 6.06. The molecule has 4 aromatic rings. The monoisotopic (exact) mass is 687 g/mol. The predicted octanol–water partition coefficient (Wildman–Crippen LogP) is 7.47. The summed E-state index contributed by atoms with van der Waals surface area (Å²) >= 11 is 0.772. The van der Waals surface area contributed by atoms with Crippen molar-refractivity contribution in [3.8, 4) is 11.1 Å². The van der Waals surface area contributed by atoms with E-state index in [1.165, 1.54) is 41.3 Å². The molecule has 0 bridgehead atoms. The van der Waals surface area contributed by atoms with Gasteiger partial charge in [-0.15, -0.1) is 0 Å². The molecule has 48 heavy (non-hydrogen) atoms. The maximum absolute atomic E-state index is 14.6. The first-order valence-corrected chi connectivity index (χ1v) is 16.4. The van der Waals surface area contributed by atoms with Crippen LogP contribution in [-0.4, -0.2) is 51.4 Å². The summed E-state index contributed by atoms with van der Waals surface area (Å²) in [5.74, 6) is -4.31. The third-order valence-electron chi connectivity index (χ3n) is 7.91. The molecule has 1 aliphatic rings. The van der Waals surface area contributed by atoms with Crippen LogP contribution in [-0.2, 0) is 42.5 Å². The Balaban J connectivity index is 1.58. The Kier molecular flexibility index (Phi) is 8.70. The molecule has 0 spiro atoms. The molecule has 0 radical (unpaired) electrons. The van der Waals surface area contributed by atoms with Gasteiger partial charge >= 0.3 is 6.18 Å². The molecule has 5 rings (SSSR count). The summed E-state index contributed by atoms with van der Waals surface area (Å²) in [4.78, 5) is 35.3. The van der Waals surface area contributed by atoms with E-state index < -0.39 is 70.6 Å². The van der Waals surface area contributed by atoms with E-state index in [1.54, 1.807) is 24.3 Å². The SMILES string of the molecule is [2H]C([2H])(C(=O)N(CCN(CC)CC)Cc1ccc(-c2ccc(C(F)(F)F)cc2)cc1)n1c(SCc2ccc(F)cc2)nc(=O)c2c1C([2H])([2H])C([2H])(C)C2([2H])[2H]. The number of carbonyl (C=O) groups is 1. The summed E-state index contributed by atoms with van der Waals surface area (Å²) in [6.45, 7) is 3.01. The molecule has 1 amide bonds. The van der Waals surface area contributed by atoms with E-state index in [0.717, 1.165) is 30.8 Å². The number of fused-ring (bicyclic) bond motifs is 1. The summed E-state index contributed by atoms with van der Waals surface area (Å²) in [6.07, 6.45) is -10.4. The summed E-state index contributed by atoms with van der Waals surface area (Å²) < 4.78 is 116. The number of nitrogens with zero attached hydrogens (tertiary/aromatic N) is 4. The second-order valence-electron chi connectivity index (χ2n) is 11.2. The number of hydrogen-bond donors (Lipinski definition) is 0. The molecule has 0 aliphatic heterocycles. The molecule has 1 atom stereocenters. The number of halogens is 4. The van der Waals surface area contributed by atoms with Crippen LogP contribution in [0.2, 0.25) is 0 Å². The first kappa shape index (κ1) is 26.9. The molecule has 1 aromatic heterocycles. The predicted molar refractivity (Wildman–Crippen MR) is 181 cm³/mol. The highest BCUT2D eigenvalue weighted by atomic mass is 32.2. The highest BCUT2D eigenvalue weighted by Gasteiger charge is 2.30. The second kappa shape index (κ2) is 15.5. The van der Waals surface area contributed by atoms with Gasteiger partial charge in [-0.1, -0.05) is 81.1 Å². The Hall–Kier alpha value is -3.96. The van der Waals surface area contributed by atoms with E-state index in [1.807, 2.05) is 18.7 Å². The van der Waals surface area contributed by atoms with E-state index in [4.69, 9.17) is 6.85 Å². The molecule has 0 fully saturated rings. The zero-order valence-electron chi connectivity index (χ0n) is 33.7. The fraction of sp³-hybridized carbons (Fsp3) is 0.378. The van der Waals surface area contributed by atoms with Gasteiger partial charge in [0, 0.05) is 43.5 Å². The number of rotatable bonds is 13. The van der Waals surface area contributed by atoms with Gasteiger partial charge in [0.05, 0.1) is 8.30 Å². The van der Waals surface area contributed by atoms with Gasteiger partial charge in [-0.05, 0) is 78.2 Å². The third kappa shape index (κ3) is 8.73. The van der Waals surface area contributed by atoms with Gasteiger partial charge in [0.2, 0.25) is 5.91 Å². The first-order valence-electron chi connectivity index (χ1n) is 18.9. The number of likely N-dealkylation sites (N-methyl/N-ethyl adjacent to an activating group) is 1. The Labute approximate surface area is 292 Å². The van der Waals surface area contributed by atoms with E-state index in [2.05, 4.69) is 4.98 Å². The molecule has 3 aromatic carbocycles. The van der Waals surface area contributed by atoms with Gasteiger partial charge in [-0.3, -0.25) is 9.59 Å². The number of hydrogen-bond acceptors (Lipinski definition) is 5. The van der Waals surface area contributed by atoms with Crippen molar-refractivity contribution in [1.29, 1.82) is 0 Å². The highest BCUT2D eigenvalue weighted by Crippen LogP contribution is 2.32. The largest absolute Gasteiger partial charge is 0.416 e. The number of aromatic nitrogens is 2. The minimum Gasteiger partial charge on any atom is -0.336 e. The van der Waals surface area contributed by atoms with Crippen LogP contribution in [0.1, 0.15) is 58.3 Å². The average Bonchev–Trinajstić information content (AvgIpc) is 3.24. The van der Waals surface area contributed by atoms with Crippen molar-refractivity contribution < 1.29 is 32.0 Å². The number of amides is 1. The summed E-state index contributed by atoms with van der Waals surface area (Å²) in [5.41, 5.74) is -1.46. The zero-order valence-corrected chi connectivity index (χ0v) is 27.5. The Morgan fingerprint density at radius 2 is 1.58 bits per heavy atom. The normalized spacial score (nSPS) is 20.5. The van der Waals surface area contributed by atoms with Crippen LogP contribution in [0.5, 0.6) is 0 Å². The van der Waals surface area contributed by atoms with E-state index in [9.17, 15) is 29.9 Å². The molecule has 11 heteroatoms. The quantitative estimate of drug-likeness (QED) is 0.0830. The number of carbonyl (C=O) groups excluding carboxylic acids is 1. The van der Waals surface area contributed by atoms with Crippen molar-refractivity contribution in [2.24, 2.45) is 5.89 Å². The van der Waals surface area contributed by atoms with Crippen LogP contribution in [0.3, 0.4) is 0 Å². The molecular formula is C37H40F4N4O2S. The lowest BCUT2D eigenvalue weighted by Gasteiger charge is -2.28. The molecule has 0 saturated carbocycles. The lowest BCUT2D eigenvalue weighted by Crippen LogP contribution is -2.40. The van der Waals surface area contributed by atoms with Crippen molar-refractivity contribution >= 4 is 17.7 Å². The molecule has 6 nitrogen and oxygen atoms in total. The molecular weight excluding hydrogens is 640 g/mol. The average molecular weight is 688 g/mol. The van der Waals surface area contributed by atoms with E-state index >= 15 is 0 Å². The lowest BCUT2D eigenvalue weighted by atomic mass is 10.0. The summed E-state index contributed by atoms with van der Waals surface area (Å²) in [5, 5.41) is -0.437. The number of alkyl halides is 3. The van der Waals surface area contributed by atoms with Crippen molar-refractivity contribution in [1.82, 2.24) is 19.4 Å². The smallest absolute Gasteiger partial charge is 0.336 e. The van der Waals surface area contributed by atoms with Gasteiger partial charge in [0.25, 0.3) is 5.56 Å². The maximum Gasteiger partial charge on any atom is 0.416 e. The third-order valence-corrected chi connectivity index (χ3v) is 8.92. The molecule has 0 N–H and O–H groups in total. The first-order chi connectivity index (χ1) is 25.6. The molecule has 254 valence electrons. The summed E-state index contributed by atoms with van der Waals surface area (Å²) in [6, 6.07) is 16.6. The number of thioether (sulfide) groups is 1.